The molecule has 1 aliphatic carbocycles. The van der Waals surface area contributed by atoms with E-state index in [0.717, 1.165) is 45.6 Å². The second-order valence-electron chi connectivity index (χ2n) is 5.33. The van der Waals surface area contributed by atoms with Crippen molar-refractivity contribution in [1.29, 1.82) is 0 Å². The van der Waals surface area contributed by atoms with Gasteiger partial charge in [-0.1, -0.05) is 6.92 Å². The number of nitrogens with zero attached hydrogens (tertiary/aromatic N) is 2. The molecule has 17 heavy (non-hydrogen) atoms. The Balaban J connectivity index is 1.55. The molecule has 0 aromatic rings. The predicted octanol–water partition coefficient (Wildman–Crippen LogP) is -0.371. The van der Waals surface area contributed by atoms with Crippen LogP contribution in [-0.2, 0) is 9.53 Å². The van der Waals surface area contributed by atoms with Crippen LogP contribution in [0.15, 0.2) is 0 Å². The molecular formula is C12H21N3O2. The summed E-state index contributed by atoms with van der Waals surface area (Å²) >= 11 is 0. The summed E-state index contributed by atoms with van der Waals surface area (Å²) in [6.07, 6.45) is 2.20. The van der Waals surface area contributed by atoms with Gasteiger partial charge >= 0.3 is 0 Å². The van der Waals surface area contributed by atoms with Gasteiger partial charge in [-0.05, 0) is 19.4 Å². The van der Waals surface area contributed by atoms with Crippen LogP contribution in [-0.4, -0.2) is 66.8 Å². The second-order valence-corrected chi connectivity index (χ2v) is 5.33. The minimum Gasteiger partial charge on any atom is -0.374 e. The van der Waals surface area contributed by atoms with Gasteiger partial charge in [0.05, 0.1) is 24.9 Å². The number of likely N-dealkylation sites (N-methyl/N-ethyl adjacent to an activating group) is 1. The fraction of sp³-hybridized carbons (Fsp3) is 0.917. The first-order chi connectivity index (χ1) is 8.23. The monoisotopic (exact) mass is 239 g/mol. The third kappa shape index (κ3) is 2.07. The standard InChI is InChI=1S/C12H21N3O2/c1-2-14-5-6-17-10(7-14)8-15-9-13-12(3-4-12)11(15)16/h10,13H,2-9H2,1H3. The maximum Gasteiger partial charge on any atom is 0.244 e. The fourth-order valence-electron chi connectivity index (χ4n) is 2.78. The number of amides is 1. The third-order valence-corrected chi connectivity index (χ3v) is 4.15. The van der Waals surface area contributed by atoms with Crippen LogP contribution in [0.4, 0.5) is 0 Å². The van der Waals surface area contributed by atoms with Gasteiger partial charge in [0.1, 0.15) is 0 Å². The number of ether oxygens (including phenoxy) is 1. The summed E-state index contributed by atoms with van der Waals surface area (Å²) in [4.78, 5) is 16.4. The van der Waals surface area contributed by atoms with E-state index in [2.05, 4.69) is 17.1 Å². The predicted molar refractivity (Wildman–Crippen MR) is 63.5 cm³/mol. The maximum absolute atomic E-state index is 12.1. The molecule has 96 valence electrons. The molecule has 0 aromatic heterocycles. The van der Waals surface area contributed by atoms with Gasteiger partial charge in [-0.3, -0.25) is 15.0 Å². The van der Waals surface area contributed by atoms with Crippen molar-refractivity contribution in [2.75, 3.05) is 39.5 Å². The van der Waals surface area contributed by atoms with Crippen LogP contribution in [0.3, 0.4) is 0 Å². The van der Waals surface area contributed by atoms with Crippen LogP contribution in [0.5, 0.6) is 0 Å². The largest absolute Gasteiger partial charge is 0.374 e. The van der Waals surface area contributed by atoms with Gasteiger partial charge in [-0.25, -0.2) is 0 Å². The van der Waals surface area contributed by atoms with Crippen molar-refractivity contribution in [3.8, 4) is 0 Å². The average molecular weight is 239 g/mol. The maximum atomic E-state index is 12.1. The number of hydrogen-bond acceptors (Lipinski definition) is 4. The Kier molecular flexibility index (Phi) is 2.84. The third-order valence-electron chi connectivity index (χ3n) is 4.15. The summed E-state index contributed by atoms with van der Waals surface area (Å²) in [6.45, 7) is 7.44. The fourth-order valence-corrected chi connectivity index (χ4v) is 2.78. The second kappa shape index (κ2) is 4.23. The van der Waals surface area contributed by atoms with Crippen LogP contribution in [0.1, 0.15) is 19.8 Å². The highest BCUT2D eigenvalue weighted by Crippen LogP contribution is 2.40. The van der Waals surface area contributed by atoms with E-state index in [1.807, 2.05) is 4.90 Å². The number of hydrogen-bond donors (Lipinski definition) is 1. The topological polar surface area (TPSA) is 44.8 Å². The molecule has 2 heterocycles. The van der Waals surface area contributed by atoms with Crippen molar-refractivity contribution in [2.24, 2.45) is 0 Å². The lowest BCUT2D eigenvalue weighted by molar-refractivity contribution is -0.132. The van der Waals surface area contributed by atoms with Crippen molar-refractivity contribution in [2.45, 2.75) is 31.4 Å². The number of morpholine rings is 1. The molecule has 1 spiro atoms. The Bertz CT molecular complexity index is 317. The van der Waals surface area contributed by atoms with Gasteiger partial charge in [0, 0.05) is 19.6 Å². The van der Waals surface area contributed by atoms with Crippen molar-refractivity contribution >= 4 is 5.91 Å². The summed E-state index contributed by atoms with van der Waals surface area (Å²) in [5.74, 6) is 0.287. The van der Waals surface area contributed by atoms with Gasteiger partial charge in [0.15, 0.2) is 0 Å². The highest BCUT2D eigenvalue weighted by Gasteiger charge is 2.55. The number of nitrogens with one attached hydrogen (secondary N) is 1. The molecule has 2 saturated heterocycles. The molecule has 1 amide bonds. The van der Waals surface area contributed by atoms with Gasteiger partial charge in [0.2, 0.25) is 5.91 Å². The lowest BCUT2D eigenvalue weighted by Crippen LogP contribution is -2.48. The van der Waals surface area contributed by atoms with E-state index >= 15 is 0 Å². The summed E-state index contributed by atoms with van der Waals surface area (Å²) in [5, 5.41) is 3.33. The van der Waals surface area contributed by atoms with Crippen molar-refractivity contribution in [1.82, 2.24) is 15.1 Å². The highest BCUT2D eigenvalue weighted by molar-refractivity contribution is 5.91. The van der Waals surface area contributed by atoms with E-state index in [4.69, 9.17) is 4.74 Å². The smallest absolute Gasteiger partial charge is 0.244 e. The molecule has 1 atom stereocenters. The molecule has 0 aromatic carbocycles. The average Bonchev–Trinajstić information content (AvgIpc) is 3.09. The van der Waals surface area contributed by atoms with Crippen LogP contribution in [0.2, 0.25) is 0 Å². The lowest BCUT2D eigenvalue weighted by atomic mass is 10.2. The van der Waals surface area contributed by atoms with E-state index in [1.54, 1.807) is 0 Å². The Labute approximate surface area is 102 Å². The molecule has 0 bridgehead atoms. The van der Waals surface area contributed by atoms with Crippen molar-refractivity contribution in [3.63, 3.8) is 0 Å². The minimum atomic E-state index is -0.168. The SMILES string of the molecule is CCN1CCOC(CN2CNC3(CC3)C2=O)C1. The van der Waals surface area contributed by atoms with Gasteiger partial charge in [-0.15, -0.1) is 0 Å². The van der Waals surface area contributed by atoms with E-state index in [9.17, 15) is 4.79 Å². The van der Waals surface area contributed by atoms with E-state index in [1.165, 1.54) is 0 Å². The summed E-state index contributed by atoms with van der Waals surface area (Å²) < 4.78 is 5.75. The number of carbonyl (C=O) groups is 1. The zero-order valence-corrected chi connectivity index (χ0v) is 10.4. The Hall–Kier alpha value is -0.650. The molecule has 3 aliphatic rings. The van der Waals surface area contributed by atoms with E-state index in [0.29, 0.717) is 6.67 Å². The quantitative estimate of drug-likeness (QED) is 0.730. The molecule has 3 fully saturated rings. The Morgan fingerprint density at radius 3 is 3.00 bits per heavy atom. The van der Waals surface area contributed by atoms with Gasteiger partial charge in [-0.2, -0.15) is 0 Å². The van der Waals surface area contributed by atoms with Crippen LogP contribution in [0, 0.1) is 0 Å². The summed E-state index contributed by atoms with van der Waals surface area (Å²) in [7, 11) is 0. The first-order valence-electron chi connectivity index (χ1n) is 6.62. The molecule has 1 unspecified atom stereocenters. The molecule has 5 heteroatoms. The summed E-state index contributed by atoms with van der Waals surface area (Å²) in [5.41, 5.74) is -0.168. The normalized spacial score (nSPS) is 32.4. The summed E-state index contributed by atoms with van der Waals surface area (Å²) in [6, 6.07) is 0. The van der Waals surface area contributed by atoms with Crippen molar-refractivity contribution < 1.29 is 9.53 Å². The molecular weight excluding hydrogens is 218 g/mol. The Morgan fingerprint density at radius 1 is 1.53 bits per heavy atom. The molecule has 1 N–H and O–H groups in total. The molecule has 5 nitrogen and oxygen atoms in total. The molecule has 1 saturated carbocycles. The van der Waals surface area contributed by atoms with Gasteiger partial charge < -0.3 is 9.64 Å². The number of rotatable bonds is 3. The number of carbonyl (C=O) groups excluding carboxylic acids is 1. The Morgan fingerprint density at radius 2 is 2.35 bits per heavy atom. The van der Waals surface area contributed by atoms with Gasteiger partial charge in [0.25, 0.3) is 0 Å². The lowest BCUT2D eigenvalue weighted by Gasteiger charge is -2.34. The highest BCUT2D eigenvalue weighted by atomic mass is 16.5. The first-order valence-corrected chi connectivity index (χ1v) is 6.62. The van der Waals surface area contributed by atoms with Crippen LogP contribution >= 0.6 is 0 Å². The molecule has 0 radical (unpaired) electrons. The first kappa shape index (κ1) is 11.4. The van der Waals surface area contributed by atoms with E-state index in [-0.39, 0.29) is 17.6 Å². The van der Waals surface area contributed by atoms with Crippen LogP contribution < -0.4 is 5.32 Å². The minimum absolute atomic E-state index is 0.168. The van der Waals surface area contributed by atoms with Crippen LogP contribution in [0.25, 0.3) is 0 Å². The molecule has 2 aliphatic heterocycles. The zero-order valence-electron chi connectivity index (χ0n) is 10.4. The zero-order chi connectivity index (χ0) is 11.9. The molecule has 3 rings (SSSR count). The van der Waals surface area contributed by atoms with E-state index < -0.39 is 0 Å². The van der Waals surface area contributed by atoms with Crippen molar-refractivity contribution in [3.05, 3.63) is 0 Å².